The van der Waals surface area contributed by atoms with Gasteiger partial charge in [-0.25, -0.2) is 0 Å². The average Bonchev–Trinajstić information content (AvgIpc) is 2.70. The second-order valence-corrected chi connectivity index (χ2v) is 6.53. The molecule has 2 amide bonds. The minimum Gasteiger partial charge on any atom is -0.457 e. The molecule has 0 saturated heterocycles. The highest BCUT2D eigenvalue weighted by Gasteiger charge is 2.20. The molecule has 0 aromatic heterocycles. The van der Waals surface area contributed by atoms with Gasteiger partial charge in [-0.05, 0) is 60.7 Å². The van der Waals surface area contributed by atoms with Crippen molar-refractivity contribution in [3.63, 3.8) is 0 Å². The van der Waals surface area contributed by atoms with E-state index in [1.165, 1.54) is 13.0 Å². The van der Waals surface area contributed by atoms with Crippen LogP contribution in [0.25, 0.3) is 0 Å². The molecule has 0 heterocycles. The van der Waals surface area contributed by atoms with Gasteiger partial charge in [0.05, 0.1) is 11.3 Å². The number of rotatable bonds is 6. The zero-order valence-electron chi connectivity index (χ0n) is 15.4. The molecule has 3 aromatic carbocycles. The highest BCUT2D eigenvalue weighted by atomic mass is 35.5. The number of anilines is 2. The number of ether oxygens (including phenoxy) is 1. The lowest BCUT2D eigenvalue weighted by molar-refractivity contribution is -0.114. The van der Waals surface area contributed by atoms with Crippen LogP contribution in [0.5, 0.6) is 11.5 Å². The van der Waals surface area contributed by atoms with Gasteiger partial charge in [0.1, 0.15) is 11.5 Å². The molecule has 0 aliphatic carbocycles. The fourth-order valence-electron chi connectivity index (χ4n) is 2.53. The number of carbonyl (C=O) groups excluding carboxylic acids is 3. The molecule has 0 bridgehead atoms. The van der Waals surface area contributed by atoms with E-state index in [4.69, 9.17) is 16.3 Å². The summed E-state index contributed by atoms with van der Waals surface area (Å²) in [6.07, 6.45) is 0. The third kappa shape index (κ3) is 5.43. The van der Waals surface area contributed by atoms with E-state index in [0.717, 1.165) is 0 Å². The summed E-state index contributed by atoms with van der Waals surface area (Å²) in [5, 5.41) is 5.70. The van der Waals surface area contributed by atoms with Crippen LogP contribution in [0, 0.1) is 0 Å². The van der Waals surface area contributed by atoms with Gasteiger partial charge < -0.3 is 15.4 Å². The number of amides is 2. The van der Waals surface area contributed by atoms with Gasteiger partial charge in [0.25, 0.3) is 11.7 Å². The molecule has 0 saturated carbocycles. The molecule has 3 rings (SSSR count). The monoisotopic (exact) mass is 408 g/mol. The summed E-state index contributed by atoms with van der Waals surface area (Å²) in [5.74, 6) is -0.712. The van der Waals surface area contributed by atoms with Crippen LogP contribution in [0.4, 0.5) is 11.4 Å². The van der Waals surface area contributed by atoms with Gasteiger partial charge >= 0.3 is 0 Å². The molecule has 0 unspecified atom stereocenters. The molecular weight excluding hydrogens is 392 g/mol. The van der Waals surface area contributed by atoms with Crippen molar-refractivity contribution in [1.82, 2.24) is 0 Å². The molecule has 7 heteroatoms. The standard InChI is InChI=1S/C22H17ClN2O4/c1-14(26)24-20-5-3-2-4-19(20)21(27)22(28)25-16-8-12-18(13-9-16)29-17-10-6-15(23)7-11-17/h2-13H,1H3,(H,24,26)(H,25,28). The third-order valence-electron chi connectivity index (χ3n) is 3.85. The summed E-state index contributed by atoms with van der Waals surface area (Å²) in [5.41, 5.74) is 0.832. The molecule has 146 valence electrons. The number of Topliss-reactive ketones (excluding diaryl/α,β-unsaturated/α-hetero) is 1. The summed E-state index contributed by atoms with van der Waals surface area (Å²) < 4.78 is 5.68. The molecule has 6 nitrogen and oxygen atoms in total. The topological polar surface area (TPSA) is 84.5 Å². The van der Waals surface area contributed by atoms with Crippen LogP contribution in [-0.2, 0) is 9.59 Å². The summed E-state index contributed by atoms with van der Waals surface area (Å²) in [7, 11) is 0. The summed E-state index contributed by atoms with van der Waals surface area (Å²) in [4.78, 5) is 36.1. The number of nitrogens with one attached hydrogen (secondary N) is 2. The van der Waals surface area contributed by atoms with Crippen molar-refractivity contribution in [3.05, 3.63) is 83.4 Å². The van der Waals surface area contributed by atoms with Crippen molar-refractivity contribution in [2.24, 2.45) is 0 Å². The Morgan fingerprint density at radius 3 is 2.00 bits per heavy atom. The smallest absolute Gasteiger partial charge is 0.296 e. The summed E-state index contributed by atoms with van der Waals surface area (Å²) >= 11 is 5.84. The number of hydrogen-bond acceptors (Lipinski definition) is 4. The van der Waals surface area contributed by atoms with Gasteiger partial charge in [-0.2, -0.15) is 0 Å². The van der Waals surface area contributed by atoms with Crippen LogP contribution in [0.15, 0.2) is 72.8 Å². The van der Waals surface area contributed by atoms with Crippen molar-refractivity contribution >= 4 is 40.6 Å². The van der Waals surface area contributed by atoms with Gasteiger partial charge in [-0.15, -0.1) is 0 Å². The van der Waals surface area contributed by atoms with Crippen molar-refractivity contribution in [1.29, 1.82) is 0 Å². The van der Waals surface area contributed by atoms with Gasteiger partial charge in [-0.1, -0.05) is 23.7 Å². The molecular formula is C22H17ClN2O4. The number of ketones is 1. The predicted octanol–water partition coefficient (Wildman–Crippen LogP) is 4.91. The van der Waals surface area contributed by atoms with Crippen molar-refractivity contribution in [2.45, 2.75) is 6.92 Å². The maximum atomic E-state index is 12.5. The fourth-order valence-corrected chi connectivity index (χ4v) is 2.66. The van der Waals surface area contributed by atoms with Crippen LogP contribution in [0.1, 0.15) is 17.3 Å². The van der Waals surface area contributed by atoms with Crippen LogP contribution < -0.4 is 15.4 Å². The van der Waals surface area contributed by atoms with E-state index in [9.17, 15) is 14.4 Å². The van der Waals surface area contributed by atoms with Crippen LogP contribution in [-0.4, -0.2) is 17.6 Å². The molecule has 2 N–H and O–H groups in total. The Morgan fingerprint density at radius 2 is 1.38 bits per heavy atom. The molecule has 0 fully saturated rings. The van der Waals surface area contributed by atoms with Crippen LogP contribution in [0.3, 0.4) is 0 Å². The highest BCUT2D eigenvalue weighted by Crippen LogP contribution is 2.24. The van der Waals surface area contributed by atoms with Gasteiger partial charge in [-0.3, -0.25) is 14.4 Å². The molecule has 0 aliphatic rings. The Labute approximate surface area is 172 Å². The zero-order valence-corrected chi connectivity index (χ0v) is 16.2. The summed E-state index contributed by atoms with van der Waals surface area (Å²) in [6, 6.07) is 19.8. The Balaban J connectivity index is 1.67. The van der Waals surface area contributed by atoms with E-state index in [2.05, 4.69) is 10.6 Å². The maximum absolute atomic E-state index is 12.5. The fraction of sp³-hybridized carbons (Fsp3) is 0.0455. The zero-order chi connectivity index (χ0) is 20.8. The SMILES string of the molecule is CC(=O)Nc1ccccc1C(=O)C(=O)Nc1ccc(Oc2ccc(Cl)cc2)cc1. The van der Waals surface area contributed by atoms with Gasteiger partial charge in [0.15, 0.2) is 0 Å². The van der Waals surface area contributed by atoms with Crippen molar-refractivity contribution < 1.29 is 19.1 Å². The molecule has 0 spiro atoms. The van der Waals surface area contributed by atoms with Gasteiger partial charge in [0.2, 0.25) is 5.91 Å². The quantitative estimate of drug-likeness (QED) is 0.448. The lowest BCUT2D eigenvalue weighted by Crippen LogP contribution is -2.24. The first-order valence-corrected chi connectivity index (χ1v) is 9.06. The Hall–Kier alpha value is -3.64. The average molecular weight is 409 g/mol. The molecule has 0 radical (unpaired) electrons. The van der Waals surface area contributed by atoms with Gasteiger partial charge in [0, 0.05) is 17.6 Å². The van der Waals surface area contributed by atoms with Crippen molar-refractivity contribution in [3.8, 4) is 11.5 Å². The first-order valence-electron chi connectivity index (χ1n) is 8.68. The second kappa shape index (κ2) is 9.03. The van der Waals surface area contributed by atoms with E-state index >= 15 is 0 Å². The number of carbonyl (C=O) groups is 3. The lowest BCUT2D eigenvalue weighted by Gasteiger charge is -2.10. The Kier molecular flexibility index (Phi) is 6.26. The first-order chi connectivity index (χ1) is 13.9. The number of hydrogen-bond donors (Lipinski definition) is 2. The Bertz CT molecular complexity index is 1050. The minimum absolute atomic E-state index is 0.114. The molecule has 29 heavy (non-hydrogen) atoms. The van der Waals surface area contributed by atoms with Crippen LogP contribution >= 0.6 is 11.6 Å². The number of halogens is 1. The Morgan fingerprint density at radius 1 is 0.793 bits per heavy atom. The third-order valence-corrected chi connectivity index (χ3v) is 4.10. The number of para-hydroxylation sites is 1. The molecule has 3 aromatic rings. The van der Waals surface area contributed by atoms with Crippen LogP contribution in [0.2, 0.25) is 5.02 Å². The lowest BCUT2D eigenvalue weighted by atomic mass is 10.1. The normalized spacial score (nSPS) is 10.1. The van der Waals surface area contributed by atoms with E-state index in [1.54, 1.807) is 66.7 Å². The van der Waals surface area contributed by atoms with Crippen molar-refractivity contribution in [2.75, 3.05) is 10.6 Å². The number of benzene rings is 3. The second-order valence-electron chi connectivity index (χ2n) is 6.09. The molecule has 0 aliphatic heterocycles. The van der Waals surface area contributed by atoms with E-state index in [1.807, 2.05) is 0 Å². The maximum Gasteiger partial charge on any atom is 0.296 e. The van der Waals surface area contributed by atoms with E-state index in [0.29, 0.717) is 22.2 Å². The first kappa shape index (κ1) is 20.1. The van der Waals surface area contributed by atoms with E-state index < -0.39 is 11.7 Å². The predicted molar refractivity (Wildman–Crippen MR) is 112 cm³/mol. The summed E-state index contributed by atoms with van der Waals surface area (Å²) in [6.45, 7) is 1.33. The minimum atomic E-state index is -0.811. The largest absolute Gasteiger partial charge is 0.457 e. The van der Waals surface area contributed by atoms with E-state index in [-0.39, 0.29) is 17.2 Å². The molecule has 0 atom stereocenters. The highest BCUT2D eigenvalue weighted by molar-refractivity contribution is 6.47.